The Hall–Kier alpha value is -8.09. The van der Waals surface area contributed by atoms with Gasteiger partial charge in [0.05, 0.1) is 27.8 Å². The Morgan fingerprint density at radius 2 is 0.949 bits per heavy atom. The maximum absolute atomic E-state index is 6.61. The van der Waals surface area contributed by atoms with E-state index in [-0.39, 0.29) is 0 Å². The third-order valence-corrected chi connectivity index (χ3v) is 11.8. The van der Waals surface area contributed by atoms with Gasteiger partial charge in [-0.2, -0.15) is 0 Å². The summed E-state index contributed by atoms with van der Waals surface area (Å²) >= 11 is 0. The molecule has 4 heterocycles. The number of hydrogen-bond acceptors (Lipinski definition) is 5. The van der Waals surface area contributed by atoms with Gasteiger partial charge in [0.15, 0.2) is 17.5 Å². The van der Waals surface area contributed by atoms with E-state index in [9.17, 15) is 0 Å². The molecule has 274 valence electrons. The van der Waals surface area contributed by atoms with Crippen molar-refractivity contribution in [2.75, 3.05) is 0 Å². The van der Waals surface area contributed by atoms with Gasteiger partial charge in [-0.05, 0) is 70.1 Å². The lowest BCUT2D eigenvalue weighted by Gasteiger charge is -2.16. The van der Waals surface area contributed by atoms with Crippen LogP contribution in [0.15, 0.2) is 191 Å². The van der Waals surface area contributed by atoms with Gasteiger partial charge in [-0.1, -0.05) is 133 Å². The fourth-order valence-corrected chi connectivity index (χ4v) is 9.21. The van der Waals surface area contributed by atoms with Crippen LogP contribution in [0.5, 0.6) is 0 Å². The van der Waals surface area contributed by atoms with Crippen molar-refractivity contribution in [2.45, 2.75) is 0 Å². The standard InChI is InChI=1S/C53H30N4O2/c1-2-15-33-30-44-41(29-32(33)14-1)35-18-5-8-24-42(35)57(44)43-27-28-47-48(39-20-7-10-26-46(39)58-47)49(43)53-55-51(38-22-11-16-31-13-3-4-17-34(31)38)54-52(56-53)40-23-12-21-37-36-19-6-9-25-45(36)59-50(37)40/h1-30H. The molecule has 9 aromatic carbocycles. The number of hydrogen-bond donors (Lipinski definition) is 0. The van der Waals surface area contributed by atoms with Crippen molar-refractivity contribution in [3.8, 4) is 39.9 Å². The molecule has 0 aliphatic heterocycles. The second-order valence-electron chi connectivity index (χ2n) is 15.1. The highest BCUT2D eigenvalue weighted by atomic mass is 16.3. The Balaban J connectivity index is 1.20. The van der Waals surface area contributed by atoms with Crippen LogP contribution in [-0.4, -0.2) is 19.5 Å². The van der Waals surface area contributed by atoms with Crippen LogP contribution in [0.4, 0.5) is 0 Å². The van der Waals surface area contributed by atoms with E-state index >= 15 is 0 Å². The van der Waals surface area contributed by atoms with E-state index in [2.05, 4.69) is 150 Å². The van der Waals surface area contributed by atoms with Crippen LogP contribution < -0.4 is 0 Å². The van der Waals surface area contributed by atoms with E-state index in [1.54, 1.807) is 0 Å². The first-order chi connectivity index (χ1) is 29.2. The summed E-state index contributed by atoms with van der Waals surface area (Å²) < 4.78 is 15.6. The first-order valence-corrected chi connectivity index (χ1v) is 19.8. The normalized spacial score (nSPS) is 12.1. The summed E-state index contributed by atoms with van der Waals surface area (Å²) in [4.78, 5) is 16.3. The number of para-hydroxylation sites is 4. The van der Waals surface area contributed by atoms with E-state index in [1.165, 1.54) is 21.5 Å². The Labute approximate surface area is 336 Å². The summed E-state index contributed by atoms with van der Waals surface area (Å²) in [7, 11) is 0. The quantitative estimate of drug-likeness (QED) is 0.179. The second kappa shape index (κ2) is 12.2. The fraction of sp³-hybridized carbons (Fsp3) is 0. The molecule has 0 N–H and O–H groups in total. The van der Waals surface area contributed by atoms with Crippen LogP contribution in [-0.2, 0) is 0 Å². The number of furan rings is 2. The van der Waals surface area contributed by atoms with Crippen molar-refractivity contribution >= 4 is 87.2 Å². The minimum atomic E-state index is 0.520. The number of nitrogens with zero attached hydrogens (tertiary/aromatic N) is 4. The van der Waals surface area contributed by atoms with Crippen molar-refractivity contribution in [3.63, 3.8) is 0 Å². The summed E-state index contributed by atoms with van der Waals surface area (Å²) in [6.45, 7) is 0. The average molecular weight is 755 g/mol. The van der Waals surface area contributed by atoms with Gasteiger partial charge in [-0.3, -0.25) is 0 Å². The first kappa shape index (κ1) is 32.0. The molecule has 0 saturated heterocycles. The molecule has 0 bridgehead atoms. The Bertz CT molecular complexity index is 3870. The molecule has 0 aliphatic rings. The smallest absolute Gasteiger partial charge is 0.167 e. The molecule has 0 radical (unpaired) electrons. The lowest BCUT2D eigenvalue weighted by molar-refractivity contribution is 0.668. The van der Waals surface area contributed by atoms with Gasteiger partial charge in [-0.15, -0.1) is 0 Å². The number of aromatic nitrogens is 4. The third-order valence-electron chi connectivity index (χ3n) is 11.8. The fourth-order valence-electron chi connectivity index (χ4n) is 9.21. The van der Waals surface area contributed by atoms with E-state index in [4.69, 9.17) is 23.8 Å². The highest BCUT2D eigenvalue weighted by Crippen LogP contribution is 2.44. The number of fused-ring (bicyclic) bond motifs is 11. The van der Waals surface area contributed by atoms with E-state index < -0.39 is 0 Å². The first-order valence-electron chi connectivity index (χ1n) is 19.8. The molecule has 4 aromatic heterocycles. The average Bonchev–Trinajstić information content (AvgIpc) is 3.97. The Kier molecular flexibility index (Phi) is 6.63. The molecular formula is C53H30N4O2. The van der Waals surface area contributed by atoms with Gasteiger partial charge < -0.3 is 13.4 Å². The minimum Gasteiger partial charge on any atom is -0.456 e. The molecular weight excluding hydrogens is 725 g/mol. The van der Waals surface area contributed by atoms with Gasteiger partial charge in [0.1, 0.15) is 22.3 Å². The van der Waals surface area contributed by atoms with Gasteiger partial charge in [-0.25, -0.2) is 15.0 Å². The molecule has 13 aromatic rings. The predicted molar refractivity (Wildman–Crippen MR) is 240 cm³/mol. The lowest BCUT2D eigenvalue weighted by atomic mass is 10.0. The number of rotatable bonds is 4. The zero-order valence-electron chi connectivity index (χ0n) is 31.4. The zero-order chi connectivity index (χ0) is 38.6. The summed E-state index contributed by atoms with van der Waals surface area (Å²) in [6, 6.07) is 63.2. The van der Waals surface area contributed by atoms with E-state index in [0.29, 0.717) is 17.5 Å². The van der Waals surface area contributed by atoms with Crippen molar-refractivity contribution in [3.05, 3.63) is 182 Å². The highest BCUT2D eigenvalue weighted by molar-refractivity contribution is 6.18. The Morgan fingerprint density at radius 3 is 1.80 bits per heavy atom. The topological polar surface area (TPSA) is 69.9 Å². The molecule has 0 aliphatic carbocycles. The predicted octanol–water partition coefficient (Wildman–Crippen LogP) is 14.1. The van der Waals surface area contributed by atoms with Crippen LogP contribution in [0.3, 0.4) is 0 Å². The third kappa shape index (κ3) is 4.71. The van der Waals surface area contributed by atoms with Crippen molar-refractivity contribution in [1.82, 2.24) is 19.5 Å². The maximum atomic E-state index is 6.61. The molecule has 6 heteroatoms. The summed E-state index contributed by atoms with van der Waals surface area (Å²) in [5, 5.41) is 10.8. The summed E-state index contributed by atoms with van der Waals surface area (Å²) in [5.74, 6) is 1.62. The molecule has 6 nitrogen and oxygen atoms in total. The molecule has 13 rings (SSSR count). The summed E-state index contributed by atoms with van der Waals surface area (Å²) in [5.41, 5.74) is 8.77. The van der Waals surface area contributed by atoms with E-state index in [0.717, 1.165) is 88.1 Å². The molecule has 59 heavy (non-hydrogen) atoms. The van der Waals surface area contributed by atoms with Gasteiger partial charge in [0.2, 0.25) is 0 Å². The van der Waals surface area contributed by atoms with Crippen LogP contribution >= 0.6 is 0 Å². The zero-order valence-corrected chi connectivity index (χ0v) is 31.4. The number of benzene rings is 9. The van der Waals surface area contributed by atoms with E-state index in [1.807, 2.05) is 36.4 Å². The Morgan fingerprint density at radius 1 is 0.356 bits per heavy atom. The van der Waals surface area contributed by atoms with Crippen LogP contribution in [0.2, 0.25) is 0 Å². The molecule has 0 amide bonds. The van der Waals surface area contributed by atoms with Gasteiger partial charge in [0, 0.05) is 37.9 Å². The van der Waals surface area contributed by atoms with Gasteiger partial charge >= 0.3 is 0 Å². The summed E-state index contributed by atoms with van der Waals surface area (Å²) in [6.07, 6.45) is 0. The SMILES string of the molecule is c1ccc2cc3c(cc2c1)c1ccccc1n3-c1ccc2oc3ccccc3c2c1-c1nc(-c2cccc3ccccc23)nc(-c2cccc3c2oc2ccccc23)n1. The molecule has 0 unspecified atom stereocenters. The van der Waals surface area contributed by atoms with Crippen molar-refractivity contribution in [2.24, 2.45) is 0 Å². The molecule has 0 atom stereocenters. The van der Waals surface area contributed by atoms with Crippen molar-refractivity contribution in [1.29, 1.82) is 0 Å². The van der Waals surface area contributed by atoms with Crippen LogP contribution in [0, 0.1) is 0 Å². The highest BCUT2D eigenvalue weighted by Gasteiger charge is 2.26. The minimum absolute atomic E-state index is 0.520. The monoisotopic (exact) mass is 754 g/mol. The maximum Gasteiger partial charge on any atom is 0.167 e. The molecule has 0 saturated carbocycles. The van der Waals surface area contributed by atoms with Crippen LogP contribution in [0.1, 0.15) is 0 Å². The molecule has 0 fully saturated rings. The van der Waals surface area contributed by atoms with Gasteiger partial charge in [0.25, 0.3) is 0 Å². The van der Waals surface area contributed by atoms with Crippen LogP contribution in [0.25, 0.3) is 127 Å². The largest absolute Gasteiger partial charge is 0.456 e. The molecule has 0 spiro atoms. The lowest BCUT2D eigenvalue weighted by Crippen LogP contribution is -2.04. The second-order valence-corrected chi connectivity index (χ2v) is 15.1. The van der Waals surface area contributed by atoms with Crippen molar-refractivity contribution < 1.29 is 8.83 Å².